The molecule has 0 aromatic heterocycles. The number of anilines is 2. The highest BCUT2D eigenvalue weighted by Crippen LogP contribution is 2.28. The maximum Gasteiger partial charge on any atom is 0.251 e. The number of carbonyl (C=O) groups excluding carboxylic acids is 1. The molecule has 0 atom stereocenters. The van der Waals surface area contributed by atoms with Crippen LogP contribution in [0.4, 0.5) is 11.4 Å². The van der Waals surface area contributed by atoms with Crippen LogP contribution in [0.1, 0.15) is 42.5 Å². The molecule has 104 valence electrons. The maximum absolute atomic E-state index is 11.5. The van der Waals surface area contributed by atoms with Crippen molar-refractivity contribution in [3.05, 3.63) is 23.8 Å². The fourth-order valence-electron chi connectivity index (χ4n) is 2.72. The number of benzene rings is 1. The van der Waals surface area contributed by atoms with Crippen LogP contribution in [0.3, 0.4) is 0 Å². The minimum atomic E-state index is -0.107. The Morgan fingerprint density at radius 2 is 2.11 bits per heavy atom. The molecule has 1 fully saturated rings. The lowest BCUT2D eigenvalue weighted by molar-refractivity contribution is 0.0963. The summed E-state index contributed by atoms with van der Waals surface area (Å²) in [5.41, 5.74) is 8.12. The molecule has 0 aliphatic heterocycles. The molecule has 1 amide bonds. The lowest BCUT2D eigenvalue weighted by atomic mass is 10.0. The Morgan fingerprint density at radius 3 is 2.74 bits per heavy atom. The second kappa shape index (κ2) is 6.45. The van der Waals surface area contributed by atoms with Gasteiger partial charge in [-0.2, -0.15) is 0 Å². The lowest BCUT2D eigenvalue weighted by Crippen LogP contribution is -2.18. The predicted molar refractivity (Wildman–Crippen MR) is 79.3 cm³/mol. The van der Waals surface area contributed by atoms with Crippen molar-refractivity contribution in [1.29, 1.82) is 0 Å². The first-order valence-corrected chi connectivity index (χ1v) is 7.06. The van der Waals surface area contributed by atoms with Gasteiger partial charge in [0.1, 0.15) is 0 Å². The van der Waals surface area contributed by atoms with Crippen molar-refractivity contribution in [3.8, 4) is 0 Å². The van der Waals surface area contributed by atoms with Gasteiger partial charge in [-0.25, -0.2) is 0 Å². The van der Waals surface area contributed by atoms with Gasteiger partial charge in [0.15, 0.2) is 0 Å². The van der Waals surface area contributed by atoms with E-state index in [1.54, 1.807) is 19.2 Å². The maximum atomic E-state index is 11.5. The molecule has 1 aliphatic rings. The second-order valence-electron chi connectivity index (χ2n) is 5.25. The van der Waals surface area contributed by atoms with Crippen molar-refractivity contribution >= 4 is 17.3 Å². The van der Waals surface area contributed by atoms with E-state index in [-0.39, 0.29) is 5.91 Å². The molecule has 0 spiro atoms. The molecule has 4 heteroatoms. The highest BCUT2D eigenvalue weighted by atomic mass is 16.1. The number of nitrogen functional groups attached to an aromatic ring is 1. The van der Waals surface area contributed by atoms with Gasteiger partial charge < -0.3 is 16.4 Å². The van der Waals surface area contributed by atoms with E-state index < -0.39 is 0 Å². The summed E-state index contributed by atoms with van der Waals surface area (Å²) in [6, 6.07) is 5.40. The Balaban J connectivity index is 1.87. The average Bonchev–Trinajstić information content (AvgIpc) is 2.93. The van der Waals surface area contributed by atoms with Gasteiger partial charge in [0.25, 0.3) is 5.91 Å². The first-order chi connectivity index (χ1) is 9.20. The normalized spacial score (nSPS) is 15.4. The Morgan fingerprint density at radius 1 is 1.37 bits per heavy atom. The molecular formula is C15H23N3O. The van der Waals surface area contributed by atoms with Crippen LogP contribution in [-0.2, 0) is 0 Å². The van der Waals surface area contributed by atoms with Crippen molar-refractivity contribution in [2.45, 2.75) is 32.1 Å². The minimum Gasteiger partial charge on any atom is -0.397 e. The average molecular weight is 261 g/mol. The molecule has 0 saturated heterocycles. The minimum absolute atomic E-state index is 0.107. The number of hydrogen-bond donors (Lipinski definition) is 3. The second-order valence-corrected chi connectivity index (χ2v) is 5.25. The molecule has 1 aromatic carbocycles. The number of nitrogens with two attached hydrogens (primary N) is 1. The van der Waals surface area contributed by atoms with E-state index in [1.165, 1.54) is 32.1 Å². The van der Waals surface area contributed by atoms with E-state index in [2.05, 4.69) is 10.6 Å². The van der Waals surface area contributed by atoms with E-state index in [0.29, 0.717) is 11.3 Å². The van der Waals surface area contributed by atoms with Gasteiger partial charge in [-0.05, 0) is 30.5 Å². The summed E-state index contributed by atoms with van der Waals surface area (Å²) >= 11 is 0. The zero-order valence-electron chi connectivity index (χ0n) is 11.5. The van der Waals surface area contributed by atoms with Crippen molar-refractivity contribution in [2.24, 2.45) is 5.92 Å². The van der Waals surface area contributed by atoms with Gasteiger partial charge in [-0.3, -0.25) is 4.79 Å². The monoisotopic (exact) mass is 261 g/mol. The smallest absolute Gasteiger partial charge is 0.251 e. The Kier molecular flexibility index (Phi) is 4.66. The molecule has 0 bridgehead atoms. The first kappa shape index (κ1) is 13.7. The van der Waals surface area contributed by atoms with Crippen LogP contribution in [0.2, 0.25) is 0 Å². The first-order valence-electron chi connectivity index (χ1n) is 7.06. The summed E-state index contributed by atoms with van der Waals surface area (Å²) in [7, 11) is 1.62. The van der Waals surface area contributed by atoms with Crippen molar-refractivity contribution in [1.82, 2.24) is 5.32 Å². The van der Waals surface area contributed by atoms with Gasteiger partial charge in [0.2, 0.25) is 0 Å². The van der Waals surface area contributed by atoms with Crippen molar-refractivity contribution in [3.63, 3.8) is 0 Å². The summed E-state index contributed by atoms with van der Waals surface area (Å²) < 4.78 is 0. The van der Waals surface area contributed by atoms with Crippen LogP contribution in [-0.4, -0.2) is 19.5 Å². The fourth-order valence-corrected chi connectivity index (χ4v) is 2.72. The van der Waals surface area contributed by atoms with Crippen LogP contribution in [0.15, 0.2) is 18.2 Å². The zero-order valence-corrected chi connectivity index (χ0v) is 11.5. The van der Waals surface area contributed by atoms with Gasteiger partial charge in [-0.1, -0.05) is 25.7 Å². The number of hydrogen-bond acceptors (Lipinski definition) is 3. The van der Waals surface area contributed by atoms with Crippen molar-refractivity contribution < 1.29 is 4.79 Å². The predicted octanol–water partition coefficient (Wildman–Crippen LogP) is 2.62. The largest absolute Gasteiger partial charge is 0.397 e. The van der Waals surface area contributed by atoms with E-state index in [4.69, 9.17) is 5.73 Å². The molecule has 4 N–H and O–H groups in total. The summed E-state index contributed by atoms with van der Waals surface area (Å²) in [4.78, 5) is 11.5. The lowest BCUT2D eigenvalue weighted by Gasteiger charge is -2.13. The Bertz CT molecular complexity index is 439. The van der Waals surface area contributed by atoms with Crippen LogP contribution in [0.5, 0.6) is 0 Å². The summed E-state index contributed by atoms with van der Waals surface area (Å²) in [6.45, 7) is 0.953. The molecule has 2 rings (SSSR count). The van der Waals surface area contributed by atoms with Crippen LogP contribution in [0, 0.1) is 5.92 Å². The van der Waals surface area contributed by atoms with E-state index in [9.17, 15) is 4.79 Å². The Hall–Kier alpha value is -1.71. The molecular weight excluding hydrogens is 238 g/mol. The molecule has 1 aromatic rings. The Labute approximate surface area is 114 Å². The summed E-state index contributed by atoms with van der Waals surface area (Å²) in [6.07, 6.45) is 6.71. The fraction of sp³-hybridized carbons (Fsp3) is 0.533. The van der Waals surface area contributed by atoms with E-state index in [0.717, 1.165) is 18.2 Å². The quantitative estimate of drug-likeness (QED) is 0.714. The molecule has 0 heterocycles. The number of amides is 1. The van der Waals surface area contributed by atoms with Gasteiger partial charge in [-0.15, -0.1) is 0 Å². The number of carbonyl (C=O) groups is 1. The highest BCUT2D eigenvalue weighted by Gasteiger charge is 2.14. The molecule has 1 saturated carbocycles. The number of nitrogens with one attached hydrogen (secondary N) is 2. The molecule has 4 nitrogen and oxygen atoms in total. The molecule has 0 unspecified atom stereocenters. The van der Waals surface area contributed by atoms with Crippen molar-refractivity contribution in [2.75, 3.05) is 24.6 Å². The van der Waals surface area contributed by atoms with Crippen LogP contribution >= 0.6 is 0 Å². The molecule has 19 heavy (non-hydrogen) atoms. The van der Waals surface area contributed by atoms with Crippen LogP contribution in [0.25, 0.3) is 0 Å². The molecule has 1 aliphatic carbocycles. The summed E-state index contributed by atoms with van der Waals surface area (Å²) in [5, 5.41) is 5.96. The summed E-state index contributed by atoms with van der Waals surface area (Å²) in [5.74, 6) is 0.767. The van der Waals surface area contributed by atoms with Crippen LogP contribution < -0.4 is 16.4 Å². The van der Waals surface area contributed by atoms with E-state index >= 15 is 0 Å². The standard InChI is InChI=1S/C15H23N3O/c1-17-15(19)12-6-7-14(13(16)10-12)18-9-8-11-4-2-3-5-11/h6-7,10-11,18H,2-5,8-9,16H2,1H3,(H,17,19). The third-order valence-corrected chi connectivity index (χ3v) is 3.88. The molecule has 0 radical (unpaired) electrons. The SMILES string of the molecule is CNC(=O)c1ccc(NCCC2CCCC2)c(N)c1. The van der Waals surface area contributed by atoms with Gasteiger partial charge in [0.05, 0.1) is 11.4 Å². The third-order valence-electron chi connectivity index (χ3n) is 3.88. The van der Waals surface area contributed by atoms with E-state index in [1.807, 2.05) is 6.07 Å². The van der Waals surface area contributed by atoms with Gasteiger partial charge in [0, 0.05) is 19.2 Å². The van der Waals surface area contributed by atoms with Gasteiger partial charge >= 0.3 is 0 Å². The topological polar surface area (TPSA) is 67.2 Å². The highest BCUT2D eigenvalue weighted by molar-refractivity contribution is 5.95. The zero-order chi connectivity index (χ0) is 13.7. The number of rotatable bonds is 5. The third kappa shape index (κ3) is 3.63.